The Morgan fingerprint density at radius 2 is 2.31 bits per heavy atom. The third kappa shape index (κ3) is 1.60. The van der Waals surface area contributed by atoms with E-state index in [0.29, 0.717) is 5.75 Å². The predicted octanol–water partition coefficient (Wildman–Crippen LogP) is 1.20. The molecule has 0 fully saturated rings. The second-order valence-electron chi connectivity index (χ2n) is 2.37. The van der Waals surface area contributed by atoms with Gasteiger partial charge in [0.25, 0.3) is 0 Å². The summed E-state index contributed by atoms with van der Waals surface area (Å²) in [7, 11) is 1.40. The number of aliphatic hydroxyl groups is 1. The summed E-state index contributed by atoms with van der Waals surface area (Å²) in [6.45, 7) is -0.413. The largest absolute Gasteiger partial charge is 0.496 e. The molecule has 0 bridgehead atoms. The monoisotopic (exact) mass is 181 g/mol. The van der Waals surface area contributed by atoms with Gasteiger partial charge in [-0.3, -0.25) is 0 Å². The first-order chi connectivity index (χ1) is 6.24. The van der Waals surface area contributed by atoms with Gasteiger partial charge < -0.3 is 9.84 Å². The van der Waals surface area contributed by atoms with Crippen molar-refractivity contribution in [3.05, 3.63) is 29.1 Å². The Morgan fingerprint density at radius 1 is 1.62 bits per heavy atom. The van der Waals surface area contributed by atoms with E-state index in [0.717, 1.165) is 6.07 Å². The summed E-state index contributed by atoms with van der Waals surface area (Å²) in [4.78, 5) is 0. The van der Waals surface area contributed by atoms with E-state index in [1.165, 1.54) is 13.2 Å². The number of ether oxygens (including phenoxy) is 1. The van der Waals surface area contributed by atoms with E-state index in [9.17, 15) is 4.39 Å². The standard InChI is InChI=1S/C9H8FNO2/c1-13-9-3-2-8(10)6(4-11)7(9)5-12/h2-3,12H,5H2,1H3. The fourth-order valence-corrected chi connectivity index (χ4v) is 1.07. The SMILES string of the molecule is COc1ccc(F)c(C#N)c1CO. The molecule has 0 saturated carbocycles. The third-order valence-corrected chi connectivity index (χ3v) is 1.71. The van der Waals surface area contributed by atoms with Gasteiger partial charge in [0.05, 0.1) is 19.3 Å². The minimum absolute atomic E-state index is 0.165. The molecule has 1 N–H and O–H groups in total. The summed E-state index contributed by atoms with van der Waals surface area (Å²) in [5.74, 6) is -0.326. The zero-order valence-electron chi connectivity index (χ0n) is 7.04. The highest BCUT2D eigenvalue weighted by Crippen LogP contribution is 2.23. The maximum absolute atomic E-state index is 13.0. The molecule has 0 atom stereocenters. The summed E-state index contributed by atoms with van der Waals surface area (Å²) < 4.78 is 17.8. The molecule has 0 heterocycles. The summed E-state index contributed by atoms with van der Waals surface area (Å²) in [5, 5.41) is 17.5. The van der Waals surface area contributed by atoms with Gasteiger partial charge in [0.15, 0.2) is 0 Å². The molecule has 68 valence electrons. The molecule has 0 aliphatic carbocycles. The van der Waals surface area contributed by atoms with Crippen LogP contribution in [0.15, 0.2) is 12.1 Å². The zero-order valence-corrected chi connectivity index (χ0v) is 7.04. The van der Waals surface area contributed by atoms with E-state index in [1.54, 1.807) is 6.07 Å². The Kier molecular flexibility index (Phi) is 2.83. The fourth-order valence-electron chi connectivity index (χ4n) is 1.07. The highest BCUT2D eigenvalue weighted by molar-refractivity contribution is 5.47. The Balaban J connectivity index is 3.38. The van der Waals surface area contributed by atoms with Crippen LogP contribution in [0, 0.1) is 17.1 Å². The third-order valence-electron chi connectivity index (χ3n) is 1.71. The van der Waals surface area contributed by atoms with Gasteiger partial charge >= 0.3 is 0 Å². The van der Waals surface area contributed by atoms with Gasteiger partial charge in [-0.15, -0.1) is 0 Å². The molecule has 1 aromatic rings. The Bertz CT molecular complexity index is 357. The van der Waals surface area contributed by atoms with Crippen molar-refractivity contribution >= 4 is 0 Å². The van der Waals surface area contributed by atoms with Gasteiger partial charge in [-0.2, -0.15) is 5.26 Å². The zero-order chi connectivity index (χ0) is 9.84. The molecule has 0 aliphatic rings. The van der Waals surface area contributed by atoms with E-state index in [2.05, 4.69) is 0 Å². The van der Waals surface area contributed by atoms with Crippen molar-refractivity contribution in [1.82, 2.24) is 0 Å². The quantitative estimate of drug-likeness (QED) is 0.745. The van der Waals surface area contributed by atoms with Crippen molar-refractivity contribution < 1.29 is 14.2 Å². The number of hydrogen-bond donors (Lipinski definition) is 1. The van der Waals surface area contributed by atoms with Crippen molar-refractivity contribution in [3.63, 3.8) is 0 Å². The summed E-state index contributed by atoms with van der Waals surface area (Å²) in [6, 6.07) is 4.19. The Morgan fingerprint density at radius 3 is 2.77 bits per heavy atom. The predicted molar refractivity (Wildman–Crippen MR) is 43.6 cm³/mol. The van der Waals surface area contributed by atoms with E-state index >= 15 is 0 Å². The lowest BCUT2D eigenvalue weighted by Gasteiger charge is -2.07. The Labute approximate surface area is 75.0 Å². The van der Waals surface area contributed by atoms with Crippen LogP contribution in [-0.4, -0.2) is 12.2 Å². The normalized spacial score (nSPS) is 9.38. The number of benzene rings is 1. The molecule has 4 heteroatoms. The molecule has 13 heavy (non-hydrogen) atoms. The lowest BCUT2D eigenvalue weighted by molar-refractivity contribution is 0.272. The molecule has 1 rings (SSSR count). The number of halogens is 1. The summed E-state index contributed by atoms with van der Waals surface area (Å²) in [6.07, 6.45) is 0. The molecule has 0 aliphatic heterocycles. The number of nitrogens with zero attached hydrogens (tertiary/aromatic N) is 1. The molecular weight excluding hydrogens is 173 g/mol. The first-order valence-corrected chi connectivity index (χ1v) is 3.61. The first kappa shape index (κ1) is 9.49. The average molecular weight is 181 g/mol. The van der Waals surface area contributed by atoms with Crippen molar-refractivity contribution in [3.8, 4) is 11.8 Å². The number of rotatable bonds is 2. The molecule has 0 unspecified atom stereocenters. The molecule has 0 amide bonds. The van der Waals surface area contributed by atoms with Gasteiger partial charge in [-0.05, 0) is 12.1 Å². The highest BCUT2D eigenvalue weighted by Gasteiger charge is 2.12. The Hall–Kier alpha value is -1.60. The molecular formula is C9H8FNO2. The molecule has 1 aromatic carbocycles. The molecule has 0 radical (unpaired) electrons. The van der Waals surface area contributed by atoms with Gasteiger partial charge in [0.1, 0.15) is 17.6 Å². The maximum Gasteiger partial charge on any atom is 0.141 e. The smallest absolute Gasteiger partial charge is 0.141 e. The average Bonchev–Trinajstić information content (AvgIpc) is 2.17. The lowest BCUT2D eigenvalue weighted by atomic mass is 10.1. The van der Waals surface area contributed by atoms with Crippen LogP contribution in [0.25, 0.3) is 0 Å². The number of aliphatic hydroxyl groups excluding tert-OH is 1. The van der Waals surface area contributed by atoms with Crippen LogP contribution in [0.4, 0.5) is 4.39 Å². The number of hydrogen-bond acceptors (Lipinski definition) is 3. The van der Waals surface area contributed by atoms with Crippen LogP contribution in [0.5, 0.6) is 5.75 Å². The minimum Gasteiger partial charge on any atom is -0.496 e. The fraction of sp³-hybridized carbons (Fsp3) is 0.222. The maximum atomic E-state index is 13.0. The van der Waals surface area contributed by atoms with Gasteiger partial charge in [-0.25, -0.2) is 4.39 Å². The molecule has 3 nitrogen and oxygen atoms in total. The van der Waals surface area contributed by atoms with Crippen LogP contribution in [0.1, 0.15) is 11.1 Å². The summed E-state index contributed by atoms with van der Waals surface area (Å²) >= 11 is 0. The first-order valence-electron chi connectivity index (χ1n) is 3.61. The van der Waals surface area contributed by atoms with Crippen molar-refractivity contribution in [2.24, 2.45) is 0 Å². The summed E-state index contributed by atoms with van der Waals surface area (Å²) in [5.41, 5.74) is 0.0202. The van der Waals surface area contributed by atoms with Crippen LogP contribution >= 0.6 is 0 Å². The van der Waals surface area contributed by atoms with Crippen molar-refractivity contribution in [2.45, 2.75) is 6.61 Å². The topological polar surface area (TPSA) is 53.2 Å². The van der Waals surface area contributed by atoms with E-state index in [4.69, 9.17) is 15.1 Å². The van der Waals surface area contributed by atoms with E-state index in [1.807, 2.05) is 0 Å². The lowest BCUT2D eigenvalue weighted by Crippen LogP contribution is -1.98. The number of nitriles is 1. The van der Waals surface area contributed by atoms with Crippen molar-refractivity contribution in [1.29, 1.82) is 5.26 Å². The van der Waals surface area contributed by atoms with Crippen LogP contribution in [-0.2, 0) is 6.61 Å². The minimum atomic E-state index is -0.646. The molecule has 0 saturated heterocycles. The van der Waals surface area contributed by atoms with E-state index in [-0.39, 0.29) is 11.1 Å². The molecule has 0 aromatic heterocycles. The van der Waals surface area contributed by atoms with Gasteiger partial charge in [0.2, 0.25) is 0 Å². The van der Waals surface area contributed by atoms with Crippen molar-refractivity contribution in [2.75, 3.05) is 7.11 Å². The second-order valence-corrected chi connectivity index (χ2v) is 2.37. The van der Waals surface area contributed by atoms with Gasteiger partial charge in [-0.1, -0.05) is 0 Å². The number of methoxy groups -OCH3 is 1. The molecule has 0 spiro atoms. The second kappa shape index (κ2) is 3.87. The van der Waals surface area contributed by atoms with Gasteiger partial charge in [0, 0.05) is 5.56 Å². The van der Waals surface area contributed by atoms with Crippen LogP contribution in [0.3, 0.4) is 0 Å². The highest BCUT2D eigenvalue weighted by atomic mass is 19.1. The van der Waals surface area contributed by atoms with Crippen LogP contribution < -0.4 is 4.74 Å². The van der Waals surface area contributed by atoms with E-state index < -0.39 is 12.4 Å². The van der Waals surface area contributed by atoms with Crippen LogP contribution in [0.2, 0.25) is 0 Å².